The van der Waals surface area contributed by atoms with E-state index >= 15 is 0 Å². The van der Waals surface area contributed by atoms with E-state index in [1.807, 2.05) is 0 Å². The first kappa shape index (κ1) is 18.0. The number of allylic oxidation sites excluding steroid dienone is 10. The molecule has 0 bridgehead atoms. The second kappa shape index (κ2) is 7.68. The van der Waals surface area contributed by atoms with Gasteiger partial charge in [-0.15, -0.1) is 0 Å². The molecular formula is C26H29N. The van der Waals surface area contributed by atoms with Crippen molar-refractivity contribution in [2.75, 3.05) is 0 Å². The van der Waals surface area contributed by atoms with E-state index in [0.717, 1.165) is 12.1 Å². The largest absolute Gasteiger partial charge is 0.253 e. The molecule has 0 saturated carbocycles. The van der Waals surface area contributed by atoms with E-state index in [-0.39, 0.29) is 0 Å². The monoisotopic (exact) mass is 355 g/mol. The number of hydrogen-bond acceptors (Lipinski definition) is 1. The van der Waals surface area contributed by atoms with Gasteiger partial charge in [-0.05, 0) is 67.4 Å². The third-order valence-corrected chi connectivity index (χ3v) is 6.21. The van der Waals surface area contributed by atoms with Gasteiger partial charge in [0.05, 0.1) is 5.69 Å². The first-order valence-electron chi connectivity index (χ1n) is 10.2. The average molecular weight is 356 g/mol. The number of hydrogen-bond donors (Lipinski definition) is 0. The van der Waals surface area contributed by atoms with Gasteiger partial charge in [-0.3, -0.25) is 4.99 Å². The smallest absolute Gasteiger partial charge is 0.0662 e. The molecule has 1 heteroatoms. The molecule has 0 amide bonds. The molecule has 3 aliphatic rings. The standard InChI is InChI=1S/C26H29N/c1-18-10-4-7-13-22(18)24-17-16-21-12-6-8-14-23(21)26(24)20(3)27-25-15-9-5-11-19(25)2/h5-9,11-13,15-18,22-23H,4,10,14H2,1-3H3. The molecule has 0 fully saturated rings. The Morgan fingerprint density at radius 2 is 1.96 bits per heavy atom. The zero-order chi connectivity index (χ0) is 18.8. The Labute approximate surface area is 163 Å². The lowest BCUT2D eigenvalue weighted by molar-refractivity contribution is 0.431. The molecule has 0 saturated heterocycles. The second-order valence-corrected chi connectivity index (χ2v) is 8.08. The van der Waals surface area contributed by atoms with Gasteiger partial charge in [0.15, 0.2) is 0 Å². The Hall–Kier alpha value is -2.41. The van der Waals surface area contributed by atoms with E-state index in [1.165, 1.54) is 40.8 Å². The van der Waals surface area contributed by atoms with Crippen molar-refractivity contribution >= 4 is 11.4 Å². The van der Waals surface area contributed by atoms with E-state index in [9.17, 15) is 0 Å². The molecule has 3 unspecified atom stereocenters. The second-order valence-electron chi connectivity index (χ2n) is 8.08. The lowest BCUT2D eigenvalue weighted by Gasteiger charge is -2.34. The maximum absolute atomic E-state index is 5.09. The van der Waals surface area contributed by atoms with Crippen LogP contribution in [0.1, 0.15) is 38.7 Å². The minimum atomic E-state index is 0.435. The number of aryl methyl sites for hydroxylation is 1. The highest BCUT2D eigenvalue weighted by Crippen LogP contribution is 2.42. The van der Waals surface area contributed by atoms with Crippen molar-refractivity contribution in [2.24, 2.45) is 22.7 Å². The summed E-state index contributed by atoms with van der Waals surface area (Å²) in [5.41, 5.74) is 7.82. The fourth-order valence-electron chi connectivity index (χ4n) is 4.64. The summed E-state index contributed by atoms with van der Waals surface area (Å²) in [5, 5.41) is 0. The van der Waals surface area contributed by atoms with Crippen LogP contribution in [0.15, 0.2) is 88.5 Å². The summed E-state index contributed by atoms with van der Waals surface area (Å²) in [6.07, 6.45) is 19.8. The quantitative estimate of drug-likeness (QED) is 0.406. The topological polar surface area (TPSA) is 12.4 Å². The van der Waals surface area contributed by atoms with Crippen LogP contribution in [0.4, 0.5) is 5.69 Å². The fraction of sp³-hybridized carbons (Fsp3) is 0.346. The third kappa shape index (κ3) is 3.56. The molecule has 3 atom stereocenters. The summed E-state index contributed by atoms with van der Waals surface area (Å²) < 4.78 is 0. The third-order valence-electron chi connectivity index (χ3n) is 6.21. The van der Waals surface area contributed by atoms with Crippen molar-refractivity contribution in [1.82, 2.24) is 0 Å². The van der Waals surface area contributed by atoms with Crippen LogP contribution in [0.5, 0.6) is 0 Å². The Morgan fingerprint density at radius 1 is 1.11 bits per heavy atom. The molecule has 0 aromatic heterocycles. The van der Waals surface area contributed by atoms with Crippen LogP contribution in [0.25, 0.3) is 0 Å². The zero-order valence-electron chi connectivity index (χ0n) is 16.7. The summed E-state index contributed by atoms with van der Waals surface area (Å²) in [7, 11) is 0. The van der Waals surface area contributed by atoms with E-state index in [2.05, 4.69) is 87.6 Å². The van der Waals surface area contributed by atoms with Gasteiger partial charge in [0.25, 0.3) is 0 Å². The molecule has 27 heavy (non-hydrogen) atoms. The van der Waals surface area contributed by atoms with Crippen molar-refractivity contribution in [3.05, 3.63) is 89.1 Å². The first-order valence-corrected chi connectivity index (χ1v) is 10.2. The molecule has 1 aromatic carbocycles. The van der Waals surface area contributed by atoms with Gasteiger partial charge in [-0.25, -0.2) is 0 Å². The highest BCUT2D eigenvalue weighted by Gasteiger charge is 2.31. The van der Waals surface area contributed by atoms with Crippen molar-refractivity contribution in [1.29, 1.82) is 0 Å². The summed E-state index contributed by atoms with van der Waals surface area (Å²) in [4.78, 5) is 5.09. The number of fused-ring (bicyclic) bond motifs is 1. The summed E-state index contributed by atoms with van der Waals surface area (Å²) in [6.45, 7) is 6.74. The van der Waals surface area contributed by atoms with Crippen molar-refractivity contribution < 1.29 is 0 Å². The van der Waals surface area contributed by atoms with E-state index in [1.54, 1.807) is 0 Å². The van der Waals surface area contributed by atoms with Gasteiger partial charge in [0.2, 0.25) is 0 Å². The van der Waals surface area contributed by atoms with Crippen molar-refractivity contribution in [3.63, 3.8) is 0 Å². The summed E-state index contributed by atoms with van der Waals surface area (Å²) in [6, 6.07) is 8.43. The molecule has 3 aliphatic carbocycles. The number of para-hydroxylation sites is 1. The van der Waals surface area contributed by atoms with Crippen LogP contribution in [-0.2, 0) is 0 Å². The van der Waals surface area contributed by atoms with Crippen LogP contribution in [-0.4, -0.2) is 5.71 Å². The Morgan fingerprint density at radius 3 is 2.78 bits per heavy atom. The number of aliphatic imine (C=N–C) groups is 1. The van der Waals surface area contributed by atoms with Crippen molar-refractivity contribution in [3.8, 4) is 0 Å². The minimum absolute atomic E-state index is 0.435. The molecular weight excluding hydrogens is 326 g/mol. The number of rotatable bonds is 3. The summed E-state index contributed by atoms with van der Waals surface area (Å²) >= 11 is 0. The Kier molecular flexibility index (Phi) is 5.11. The lowest BCUT2D eigenvalue weighted by Crippen LogP contribution is -2.24. The Balaban J connectivity index is 1.84. The minimum Gasteiger partial charge on any atom is -0.253 e. The molecule has 4 rings (SSSR count). The highest BCUT2D eigenvalue weighted by molar-refractivity contribution is 6.02. The molecule has 0 aliphatic heterocycles. The van der Waals surface area contributed by atoms with Crippen LogP contribution >= 0.6 is 0 Å². The zero-order valence-corrected chi connectivity index (χ0v) is 16.7. The van der Waals surface area contributed by atoms with Gasteiger partial charge >= 0.3 is 0 Å². The van der Waals surface area contributed by atoms with E-state index < -0.39 is 0 Å². The number of nitrogens with zero attached hydrogens (tertiary/aromatic N) is 1. The molecule has 0 radical (unpaired) electrons. The van der Waals surface area contributed by atoms with Crippen LogP contribution in [0.2, 0.25) is 0 Å². The predicted molar refractivity (Wildman–Crippen MR) is 116 cm³/mol. The molecule has 1 nitrogen and oxygen atoms in total. The highest BCUT2D eigenvalue weighted by atomic mass is 14.8. The van der Waals surface area contributed by atoms with Crippen LogP contribution in [0, 0.1) is 24.7 Å². The van der Waals surface area contributed by atoms with Crippen LogP contribution in [0.3, 0.4) is 0 Å². The lowest BCUT2D eigenvalue weighted by atomic mass is 9.70. The van der Waals surface area contributed by atoms with E-state index in [4.69, 9.17) is 4.99 Å². The first-order chi connectivity index (χ1) is 13.1. The number of benzene rings is 1. The van der Waals surface area contributed by atoms with Gasteiger partial charge in [0.1, 0.15) is 0 Å². The molecule has 138 valence electrons. The summed E-state index contributed by atoms with van der Waals surface area (Å²) in [5.74, 6) is 1.62. The van der Waals surface area contributed by atoms with Gasteiger partial charge < -0.3 is 0 Å². The van der Waals surface area contributed by atoms with Gasteiger partial charge in [-0.1, -0.05) is 67.7 Å². The predicted octanol–water partition coefficient (Wildman–Crippen LogP) is 7.06. The van der Waals surface area contributed by atoms with Crippen molar-refractivity contribution in [2.45, 2.75) is 40.0 Å². The molecule has 0 spiro atoms. The van der Waals surface area contributed by atoms with E-state index in [0.29, 0.717) is 17.8 Å². The molecule has 1 aromatic rings. The maximum atomic E-state index is 5.09. The average Bonchev–Trinajstić information content (AvgIpc) is 2.69. The van der Waals surface area contributed by atoms with Gasteiger partial charge in [0, 0.05) is 17.5 Å². The fourth-order valence-corrected chi connectivity index (χ4v) is 4.64. The molecule has 0 heterocycles. The van der Waals surface area contributed by atoms with Crippen LogP contribution < -0.4 is 0 Å². The molecule has 0 N–H and O–H groups in total. The normalized spacial score (nSPS) is 27.6. The maximum Gasteiger partial charge on any atom is 0.0662 e. The Bertz CT molecular complexity index is 904. The SMILES string of the molecule is CC(=Nc1ccccc1C)C1=C(C2C=CCCC2C)C=CC2=CC=CCC21. The van der Waals surface area contributed by atoms with Gasteiger partial charge in [-0.2, -0.15) is 0 Å².